The van der Waals surface area contributed by atoms with E-state index in [1.807, 2.05) is 66.9 Å². The van der Waals surface area contributed by atoms with E-state index in [9.17, 15) is 9.59 Å². The van der Waals surface area contributed by atoms with Crippen LogP contribution in [0, 0.1) is 11.8 Å². The van der Waals surface area contributed by atoms with Gasteiger partial charge in [0, 0.05) is 34.7 Å². The Morgan fingerprint density at radius 3 is 2.72 bits per heavy atom. The maximum absolute atomic E-state index is 14.1. The fourth-order valence-corrected chi connectivity index (χ4v) is 5.00. The largest absolute Gasteiger partial charge is 0.381 e. The lowest BCUT2D eigenvalue weighted by Gasteiger charge is -2.21. The van der Waals surface area contributed by atoms with Gasteiger partial charge in [-0.1, -0.05) is 36.3 Å². The summed E-state index contributed by atoms with van der Waals surface area (Å²) in [5, 5.41) is 10.2. The molecule has 0 radical (unpaired) electrons. The van der Waals surface area contributed by atoms with E-state index in [2.05, 4.69) is 32.2 Å². The smallest absolute Gasteiger partial charge is 0.264 e. The molecule has 190 valence electrons. The predicted octanol–water partition coefficient (Wildman–Crippen LogP) is 3.96. The first-order chi connectivity index (χ1) is 19.0. The summed E-state index contributed by atoms with van der Waals surface area (Å²) in [5.74, 6) is 5.78. The number of carbonyl (C=O) groups is 1. The molecule has 0 aliphatic heterocycles. The normalized spacial score (nSPS) is 11.7. The zero-order valence-corrected chi connectivity index (χ0v) is 21.5. The van der Waals surface area contributed by atoms with Gasteiger partial charge in [0.15, 0.2) is 11.5 Å². The molecule has 6 aromatic rings. The Morgan fingerprint density at radius 1 is 1.08 bits per heavy atom. The van der Waals surface area contributed by atoms with Crippen LogP contribution in [0.5, 0.6) is 0 Å². The van der Waals surface area contributed by atoms with Crippen molar-refractivity contribution in [3.63, 3.8) is 0 Å². The van der Waals surface area contributed by atoms with Gasteiger partial charge in [-0.2, -0.15) is 0 Å². The molecule has 39 heavy (non-hydrogen) atoms. The molecule has 9 nitrogen and oxygen atoms in total. The lowest BCUT2D eigenvalue weighted by molar-refractivity contribution is 0.0941. The van der Waals surface area contributed by atoms with Crippen molar-refractivity contribution in [3.8, 4) is 17.5 Å². The highest BCUT2D eigenvalue weighted by Gasteiger charge is 2.23. The second-order valence-corrected chi connectivity index (χ2v) is 9.50. The van der Waals surface area contributed by atoms with Gasteiger partial charge in [-0.3, -0.25) is 14.2 Å². The number of nitrogens with two attached hydrogens (primary N) is 1. The van der Waals surface area contributed by atoms with Gasteiger partial charge in [0.25, 0.3) is 11.5 Å². The van der Waals surface area contributed by atoms with E-state index in [0.29, 0.717) is 39.1 Å². The highest BCUT2D eigenvalue weighted by molar-refractivity contribution is 7.07. The number of hydrogen-bond donors (Lipinski definition) is 2. The van der Waals surface area contributed by atoms with Crippen molar-refractivity contribution in [3.05, 3.63) is 117 Å². The lowest BCUT2D eigenvalue weighted by Crippen LogP contribution is -2.32. The third-order valence-electron chi connectivity index (χ3n) is 6.29. The standard InChI is InChI=1S/C29H21N7O2S/c1-18(33-28(37)25-26(30)34-35-14-6-13-31-27(25)35)23-15-20-8-5-7-19(11-12-21-16-39-17-32-21)24(20)29(38)36(23)22-9-3-2-4-10-22/h2-10,13-18H,1H3,(H2,30,34)(H,33,37)/t18-/m1/s1. The zero-order valence-electron chi connectivity index (χ0n) is 20.7. The average Bonchev–Trinajstić information content (AvgIpc) is 3.59. The number of aromatic nitrogens is 5. The molecule has 0 saturated carbocycles. The van der Waals surface area contributed by atoms with E-state index in [4.69, 9.17) is 5.73 Å². The molecule has 3 N–H and O–H groups in total. The fourth-order valence-electron chi connectivity index (χ4n) is 4.52. The van der Waals surface area contributed by atoms with Gasteiger partial charge in [-0.15, -0.1) is 16.4 Å². The Balaban J connectivity index is 1.48. The molecule has 2 aromatic carbocycles. The zero-order chi connectivity index (χ0) is 26.9. The van der Waals surface area contributed by atoms with E-state index in [1.54, 1.807) is 28.5 Å². The number of nitrogen functional groups attached to an aromatic ring is 1. The molecular formula is C29H21N7O2S. The van der Waals surface area contributed by atoms with Crippen molar-refractivity contribution in [2.75, 3.05) is 5.73 Å². The molecule has 1 atom stereocenters. The monoisotopic (exact) mass is 531 g/mol. The van der Waals surface area contributed by atoms with Gasteiger partial charge >= 0.3 is 0 Å². The number of benzene rings is 2. The molecule has 0 fully saturated rings. The van der Waals surface area contributed by atoms with Gasteiger partial charge in [0.1, 0.15) is 11.3 Å². The van der Waals surface area contributed by atoms with Crippen LogP contribution >= 0.6 is 11.3 Å². The first-order valence-electron chi connectivity index (χ1n) is 12.1. The summed E-state index contributed by atoms with van der Waals surface area (Å²) in [6.07, 6.45) is 3.24. The minimum Gasteiger partial charge on any atom is -0.381 e. The van der Waals surface area contributed by atoms with Crippen LogP contribution in [0.1, 0.15) is 40.3 Å². The van der Waals surface area contributed by atoms with E-state index in [1.165, 1.54) is 15.9 Å². The summed E-state index contributed by atoms with van der Waals surface area (Å²) in [6.45, 7) is 1.82. The van der Waals surface area contributed by atoms with Crippen LogP contribution in [-0.4, -0.2) is 30.1 Å². The predicted molar refractivity (Wildman–Crippen MR) is 151 cm³/mol. The van der Waals surface area contributed by atoms with E-state index in [0.717, 1.165) is 0 Å². The minimum absolute atomic E-state index is 0.0701. The van der Waals surface area contributed by atoms with Gasteiger partial charge in [0.05, 0.1) is 16.9 Å². The summed E-state index contributed by atoms with van der Waals surface area (Å²) in [5.41, 5.74) is 10.6. The molecule has 0 aliphatic rings. The summed E-state index contributed by atoms with van der Waals surface area (Å²) in [7, 11) is 0. The van der Waals surface area contributed by atoms with Gasteiger partial charge in [0.2, 0.25) is 0 Å². The number of anilines is 1. The lowest BCUT2D eigenvalue weighted by atomic mass is 10.0. The minimum atomic E-state index is -0.572. The maximum atomic E-state index is 14.1. The van der Waals surface area contributed by atoms with Crippen LogP contribution in [0.3, 0.4) is 0 Å². The van der Waals surface area contributed by atoms with Crippen LogP contribution < -0.4 is 16.6 Å². The molecule has 0 spiro atoms. The van der Waals surface area contributed by atoms with E-state index < -0.39 is 11.9 Å². The Morgan fingerprint density at radius 2 is 1.92 bits per heavy atom. The third-order valence-corrected chi connectivity index (χ3v) is 6.87. The van der Waals surface area contributed by atoms with Crippen LogP contribution in [0.4, 0.5) is 5.82 Å². The highest BCUT2D eigenvalue weighted by Crippen LogP contribution is 2.24. The first-order valence-corrected chi connectivity index (χ1v) is 13.0. The van der Waals surface area contributed by atoms with E-state index >= 15 is 0 Å². The number of carbonyl (C=O) groups excluding carboxylic acids is 1. The Bertz CT molecular complexity index is 1970. The Kier molecular flexibility index (Phi) is 6.11. The van der Waals surface area contributed by atoms with Gasteiger partial charge < -0.3 is 11.1 Å². The summed E-state index contributed by atoms with van der Waals surface area (Å²) in [6, 6.07) is 17.9. The Hall–Kier alpha value is -5.27. The molecule has 10 heteroatoms. The molecule has 0 saturated heterocycles. The summed E-state index contributed by atoms with van der Waals surface area (Å²) >= 11 is 1.46. The number of nitrogens with zero attached hydrogens (tertiary/aromatic N) is 5. The quantitative estimate of drug-likeness (QED) is 0.332. The summed E-state index contributed by atoms with van der Waals surface area (Å²) in [4.78, 5) is 36.0. The molecular weight excluding hydrogens is 510 g/mol. The second-order valence-electron chi connectivity index (χ2n) is 8.78. The Labute approximate surface area is 226 Å². The van der Waals surface area contributed by atoms with Crippen molar-refractivity contribution >= 4 is 39.5 Å². The van der Waals surface area contributed by atoms with Crippen molar-refractivity contribution < 1.29 is 4.79 Å². The molecule has 6 rings (SSSR count). The number of amides is 1. The van der Waals surface area contributed by atoms with Crippen LogP contribution in [0.25, 0.3) is 22.1 Å². The number of hydrogen-bond acceptors (Lipinski definition) is 7. The third kappa shape index (κ3) is 4.41. The van der Waals surface area contributed by atoms with Crippen molar-refractivity contribution in [1.29, 1.82) is 0 Å². The number of thiazole rings is 1. The number of fused-ring (bicyclic) bond motifs is 2. The molecule has 1 amide bonds. The topological polar surface area (TPSA) is 120 Å². The van der Waals surface area contributed by atoms with Crippen molar-refractivity contribution in [2.45, 2.75) is 13.0 Å². The maximum Gasteiger partial charge on any atom is 0.264 e. The van der Waals surface area contributed by atoms with Crippen LogP contribution in [0.2, 0.25) is 0 Å². The first kappa shape index (κ1) is 24.1. The summed E-state index contributed by atoms with van der Waals surface area (Å²) < 4.78 is 3.07. The van der Waals surface area contributed by atoms with Crippen molar-refractivity contribution in [2.24, 2.45) is 0 Å². The van der Waals surface area contributed by atoms with Gasteiger partial charge in [-0.25, -0.2) is 14.5 Å². The number of para-hydroxylation sites is 1. The van der Waals surface area contributed by atoms with Crippen LogP contribution in [-0.2, 0) is 0 Å². The fraction of sp³-hybridized carbons (Fsp3) is 0.0690. The number of nitrogens with one attached hydrogen (secondary N) is 1. The van der Waals surface area contributed by atoms with Crippen molar-refractivity contribution in [1.82, 2.24) is 29.5 Å². The molecule has 0 unspecified atom stereocenters. The van der Waals surface area contributed by atoms with E-state index in [-0.39, 0.29) is 16.9 Å². The highest BCUT2D eigenvalue weighted by atomic mass is 32.1. The number of rotatable bonds is 4. The SMILES string of the molecule is C[C@@H](NC(=O)c1c(N)nn2cccnc12)c1cc2cccc(C#Cc3cscn3)c2c(=O)n1-c1ccccc1. The molecule has 0 bridgehead atoms. The molecule has 0 aliphatic carbocycles. The number of pyridine rings is 1. The second kappa shape index (κ2) is 9.89. The molecule has 4 aromatic heterocycles. The van der Waals surface area contributed by atoms with Crippen LogP contribution in [0.15, 0.2) is 88.7 Å². The van der Waals surface area contributed by atoms with Gasteiger partial charge in [-0.05, 0) is 48.6 Å². The average molecular weight is 532 g/mol. The molecule has 4 heterocycles.